The number of rotatable bonds is 8. The third-order valence-corrected chi connectivity index (χ3v) is 5.62. The molecular weight excluding hydrogens is 382 g/mol. The van der Waals surface area contributed by atoms with Gasteiger partial charge in [-0.1, -0.05) is 22.9 Å². The van der Waals surface area contributed by atoms with Gasteiger partial charge in [-0.25, -0.2) is 4.98 Å². The Bertz CT molecular complexity index is 884. The summed E-state index contributed by atoms with van der Waals surface area (Å²) in [6, 6.07) is 8.09. The molecule has 3 aromatic rings. The second-order valence-electron chi connectivity index (χ2n) is 6.09. The summed E-state index contributed by atoms with van der Waals surface area (Å²) in [6.07, 6.45) is 0. The van der Waals surface area contributed by atoms with E-state index in [0.717, 1.165) is 33.5 Å². The number of carbonyl (C=O) groups is 1. The zero-order chi connectivity index (χ0) is 19.2. The Morgan fingerprint density at radius 2 is 2.04 bits per heavy atom. The number of aryl methyl sites for hydroxylation is 3. The van der Waals surface area contributed by atoms with Crippen LogP contribution in [-0.4, -0.2) is 21.9 Å². The van der Waals surface area contributed by atoms with Crippen molar-refractivity contribution < 1.29 is 14.1 Å². The van der Waals surface area contributed by atoms with E-state index < -0.39 is 0 Å². The molecule has 0 aliphatic heterocycles. The van der Waals surface area contributed by atoms with Crippen LogP contribution in [0.4, 0.5) is 10.8 Å². The zero-order valence-corrected chi connectivity index (χ0v) is 17.1. The van der Waals surface area contributed by atoms with Gasteiger partial charge in [-0.05, 0) is 32.9 Å². The van der Waals surface area contributed by atoms with E-state index in [1.54, 1.807) is 0 Å². The second kappa shape index (κ2) is 9.05. The first-order chi connectivity index (χ1) is 13.0. The molecule has 0 radical (unpaired) electrons. The number of thioether (sulfide) groups is 1. The van der Waals surface area contributed by atoms with Crippen LogP contribution < -0.4 is 5.32 Å². The fourth-order valence-corrected chi connectivity index (χ4v) is 4.02. The summed E-state index contributed by atoms with van der Waals surface area (Å²) in [6.45, 7) is 6.00. The Morgan fingerprint density at radius 3 is 2.74 bits per heavy atom. The number of hydrogen-bond acceptors (Lipinski definition) is 8. The molecule has 142 valence electrons. The maximum atomic E-state index is 11.9. The molecule has 0 amide bonds. The van der Waals surface area contributed by atoms with Crippen LogP contribution in [-0.2, 0) is 21.9 Å². The number of nitrogens with zero attached hydrogens (tertiary/aromatic N) is 2. The van der Waals surface area contributed by atoms with E-state index in [1.807, 2.05) is 50.4 Å². The predicted octanol–water partition coefficient (Wildman–Crippen LogP) is 4.78. The third kappa shape index (κ3) is 5.58. The van der Waals surface area contributed by atoms with Crippen molar-refractivity contribution in [1.29, 1.82) is 0 Å². The fraction of sp³-hybridized carbons (Fsp3) is 0.316. The molecule has 0 spiro atoms. The maximum Gasteiger partial charge on any atom is 0.316 e. The van der Waals surface area contributed by atoms with Gasteiger partial charge in [-0.2, -0.15) is 0 Å². The minimum atomic E-state index is -0.257. The number of ether oxygens (including phenoxy) is 1. The van der Waals surface area contributed by atoms with Crippen molar-refractivity contribution in [3.8, 4) is 0 Å². The predicted molar refractivity (Wildman–Crippen MR) is 109 cm³/mol. The summed E-state index contributed by atoms with van der Waals surface area (Å²) in [5.41, 5.74) is 4.83. The molecule has 0 saturated carbocycles. The van der Waals surface area contributed by atoms with E-state index in [4.69, 9.17) is 9.26 Å². The SMILES string of the molecule is Cc1ccc(Nc2nc(COC(=O)CSCc3c(C)noc3C)cs2)cc1. The molecule has 0 saturated heterocycles. The fourth-order valence-electron chi connectivity index (χ4n) is 2.33. The number of carbonyl (C=O) groups excluding carboxylic acids is 1. The summed E-state index contributed by atoms with van der Waals surface area (Å²) in [5, 5.41) is 9.82. The Hall–Kier alpha value is -2.32. The zero-order valence-electron chi connectivity index (χ0n) is 15.4. The molecule has 0 fully saturated rings. The molecule has 1 N–H and O–H groups in total. The molecule has 1 aromatic carbocycles. The number of anilines is 2. The Morgan fingerprint density at radius 1 is 1.26 bits per heavy atom. The highest BCUT2D eigenvalue weighted by atomic mass is 32.2. The molecule has 2 aromatic heterocycles. The van der Waals surface area contributed by atoms with Crippen molar-refractivity contribution in [2.24, 2.45) is 0 Å². The van der Waals surface area contributed by atoms with Crippen LogP contribution in [0, 0.1) is 20.8 Å². The van der Waals surface area contributed by atoms with Gasteiger partial charge in [0.2, 0.25) is 0 Å². The highest BCUT2D eigenvalue weighted by molar-refractivity contribution is 7.99. The van der Waals surface area contributed by atoms with Crippen LogP contribution >= 0.6 is 23.1 Å². The van der Waals surface area contributed by atoms with Gasteiger partial charge in [0.25, 0.3) is 0 Å². The molecular formula is C19H21N3O3S2. The van der Waals surface area contributed by atoms with Crippen LogP contribution in [0.25, 0.3) is 0 Å². The summed E-state index contributed by atoms with van der Waals surface area (Å²) in [7, 11) is 0. The van der Waals surface area contributed by atoms with Gasteiger partial charge in [0.1, 0.15) is 12.4 Å². The average Bonchev–Trinajstić information content (AvgIpc) is 3.23. The first kappa shape index (κ1) is 19.4. The summed E-state index contributed by atoms with van der Waals surface area (Å²) >= 11 is 2.97. The largest absolute Gasteiger partial charge is 0.459 e. The Kier molecular flexibility index (Phi) is 6.52. The monoisotopic (exact) mass is 403 g/mol. The quantitative estimate of drug-likeness (QED) is 0.543. The highest BCUT2D eigenvalue weighted by Gasteiger charge is 2.11. The van der Waals surface area contributed by atoms with Crippen LogP contribution in [0.15, 0.2) is 34.2 Å². The number of esters is 1. The lowest BCUT2D eigenvalue weighted by Crippen LogP contribution is -2.08. The molecule has 0 aliphatic rings. The van der Waals surface area contributed by atoms with E-state index in [-0.39, 0.29) is 18.3 Å². The summed E-state index contributed by atoms with van der Waals surface area (Å²) in [4.78, 5) is 16.4. The topological polar surface area (TPSA) is 77.3 Å². The van der Waals surface area contributed by atoms with Gasteiger partial charge in [-0.3, -0.25) is 4.79 Å². The molecule has 8 heteroatoms. The van der Waals surface area contributed by atoms with Crippen molar-refractivity contribution in [2.75, 3.05) is 11.1 Å². The molecule has 3 rings (SSSR count). The molecule has 0 unspecified atom stereocenters. The lowest BCUT2D eigenvalue weighted by molar-refractivity contribution is -0.141. The number of aromatic nitrogens is 2. The van der Waals surface area contributed by atoms with Crippen LogP contribution in [0.2, 0.25) is 0 Å². The van der Waals surface area contributed by atoms with Gasteiger partial charge in [0, 0.05) is 22.4 Å². The standard InChI is InChI=1S/C19H21N3O3S2/c1-12-4-6-15(7-5-12)20-19-21-16(9-27-19)8-24-18(23)11-26-10-17-13(2)22-25-14(17)3/h4-7,9H,8,10-11H2,1-3H3,(H,20,21). The smallest absolute Gasteiger partial charge is 0.316 e. The van der Waals surface area contributed by atoms with Crippen molar-refractivity contribution in [3.63, 3.8) is 0 Å². The minimum Gasteiger partial charge on any atom is -0.459 e. The normalized spacial score (nSPS) is 10.8. The number of thiazole rings is 1. The third-order valence-electron chi connectivity index (χ3n) is 3.88. The van der Waals surface area contributed by atoms with Crippen LogP contribution in [0.1, 0.15) is 28.3 Å². The summed E-state index contributed by atoms with van der Waals surface area (Å²) in [5.74, 6) is 1.50. The number of hydrogen-bond donors (Lipinski definition) is 1. The van der Waals surface area contributed by atoms with Crippen LogP contribution in [0.5, 0.6) is 0 Å². The van der Waals surface area contributed by atoms with Crippen molar-refractivity contribution >= 4 is 39.9 Å². The first-order valence-electron chi connectivity index (χ1n) is 8.44. The van der Waals surface area contributed by atoms with E-state index >= 15 is 0 Å². The highest BCUT2D eigenvalue weighted by Crippen LogP contribution is 2.22. The van der Waals surface area contributed by atoms with Crippen molar-refractivity contribution in [2.45, 2.75) is 33.1 Å². The van der Waals surface area contributed by atoms with E-state index in [2.05, 4.69) is 15.5 Å². The van der Waals surface area contributed by atoms with E-state index in [9.17, 15) is 4.79 Å². The molecule has 2 heterocycles. The second-order valence-corrected chi connectivity index (χ2v) is 7.93. The molecule has 27 heavy (non-hydrogen) atoms. The average molecular weight is 404 g/mol. The van der Waals surface area contributed by atoms with Gasteiger partial charge in [-0.15, -0.1) is 23.1 Å². The van der Waals surface area contributed by atoms with Crippen molar-refractivity contribution in [1.82, 2.24) is 10.1 Å². The van der Waals surface area contributed by atoms with Gasteiger partial charge in [0.15, 0.2) is 5.13 Å². The van der Waals surface area contributed by atoms with Gasteiger partial charge >= 0.3 is 5.97 Å². The van der Waals surface area contributed by atoms with E-state index in [1.165, 1.54) is 28.7 Å². The molecule has 0 aliphatic carbocycles. The van der Waals surface area contributed by atoms with E-state index in [0.29, 0.717) is 5.75 Å². The number of benzene rings is 1. The maximum absolute atomic E-state index is 11.9. The summed E-state index contributed by atoms with van der Waals surface area (Å²) < 4.78 is 10.4. The van der Waals surface area contributed by atoms with Gasteiger partial charge < -0.3 is 14.6 Å². The first-order valence-corrected chi connectivity index (χ1v) is 10.5. The lowest BCUT2D eigenvalue weighted by atomic mass is 10.2. The van der Waals surface area contributed by atoms with Crippen molar-refractivity contribution in [3.05, 3.63) is 57.9 Å². The number of nitrogens with one attached hydrogen (secondary N) is 1. The van der Waals surface area contributed by atoms with Gasteiger partial charge in [0.05, 0.1) is 17.1 Å². The molecule has 6 nitrogen and oxygen atoms in total. The Labute approximate surface area is 166 Å². The van der Waals surface area contributed by atoms with Crippen LogP contribution in [0.3, 0.4) is 0 Å². The lowest BCUT2D eigenvalue weighted by Gasteiger charge is -2.04. The minimum absolute atomic E-state index is 0.177. The molecule has 0 bridgehead atoms. The molecule has 0 atom stereocenters. The Balaban J connectivity index is 1.41.